The van der Waals surface area contributed by atoms with Crippen LogP contribution in [-0.2, 0) is 11.3 Å². The first-order valence-corrected chi connectivity index (χ1v) is 6.99. The highest BCUT2D eigenvalue weighted by molar-refractivity contribution is 5.50. The average Bonchev–Trinajstić information content (AvgIpc) is 2.37. The highest BCUT2D eigenvalue weighted by Gasteiger charge is 2.40. The van der Waals surface area contributed by atoms with Gasteiger partial charge in [0.2, 0.25) is 0 Å². The Hall–Kier alpha value is -1.15. The van der Waals surface area contributed by atoms with Crippen LogP contribution in [0.2, 0.25) is 0 Å². The number of rotatable bonds is 4. The molecule has 1 aromatic rings. The number of piperidine rings is 1. The molecule has 3 unspecified atom stereocenters. The minimum Gasteiger partial charge on any atom is -0.317 e. The van der Waals surface area contributed by atoms with Crippen molar-refractivity contribution in [3.05, 3.63) is 35.9 Å². The highest BCUT2D eigenvalue weighted by atomic mass is 16.1. The fourth-order valence-electron chi connectivity index (χ4n) is 3.33. The zero-order chi connectivity index (χ0) is 13.0. The number of aldehydes is 1. The van der Waals surface area contributed by atoms with Crippen LogP contribution in [-0.4, -0.2) is 29.9 Å². The predicted octanol–water partition coefficient (Wildman–Crippen LogP) is 3.16. The van der Waals surface area contributed by atoms with Gasteiger partial charge in [-0.2, -0.15) is 0 Å². The number of likely N-dealkylation sites (tertiary alicyclic amines) is 1. The number of nitrogens with zero attached hydrogens (tertiary/aromatic N) is 1. The number of carbonyl (C=O) groups excluding carboxylic acids is 1. The Bertz CT molecular complexity index is 389. The molecular weight excluding hydrogens is 222 g/mol. The van der Waals surface area contributed by atoms with Crippen molar-refractivity contribution in [2.45, 2.75) is 51.2 Å². The summed E-state index contributed by atoms with van der Waals surface area (Å²) in [5.41, 5.74) is 1.38. The molecule has 2 nitrogen and oxygen atoms in total. The molecule has 0 N–H and O–H groups in total. The first kappa shape index (κ1) is 13.3. The molecule has 1 aliphatic heterocycles. The average molecular weight is 246 g/mol. The second kappa shape index (κ2) is 5.66. The molecule has 2 rings (SSSR count). The Morgan fingerprint density at radius 1 is 1.28 bits per heavy atom. The smallest absolute Gasteiger partial charge is 0.125 e. The van der Waals surface area contributed by atoms with Gasteiger partial charge in [-0.25, -0.2) is 0 Å². The van der Waals surface area contributed by atoms with Crippen molar-refractivity contribution in [3.8, 4) is 0 Å². The van der Waals surface area contributed by atoms with Gasteiger partial charge in [-0.15, -0.1) is 0 Å². The first-order chi connectivity index (χ1) is 8.66. The van der Waals surface area contributed by atoms with Crippen LogP contribution in [0.5, 0.6) is 0 Å². The summed E-state index contributed by atoms with van der Waals surface area (Å²) in [6, 6.07) is 11.8. The number of hydrogen-bond donors (Lipinski definition) is 0. The molecular formula is C16H24NO+. The van der Waals surface area contributed by atoms with Crippen molar-refractivity contribution in [2.75, 3.05) is 7.05 Å². The van der Waals surface area contributed by atoms with E-state index < -0.39 is 0 Å². The van der Waals surface area contributed by atoms with E-state index in [9.17, 15) is 4.79 Å². The quantitative estimate of drug-likeness (QED) is 0.589. The first-order valence-electron chi connectivity index (χ1n) is 6.99. The molecule has 1 heterocycles. The van der Waals surface area contributed by atoms with Crippen LogP contribution in [0.3, 0.4) is 0 Å². The van der Waals surface area contributed by atoms with E-state index in [2.05, 4.69) is 44.3 Å². The standard InChI is InChI=1S/C16H24NO/c1-14-7-6-10-16(11-12-18)17(14,2)13-15-8-4-3-5-9-15/h3-5,8-9,12,14,16H,6-7,10-11,13H2,1-2H3/q+1. The lowest BCUT2D eigenvalue weighted by Gasteiger charge is -2.49. The van der Waals surface area contributed by atoms with E-state index >= 15 is 0 Å². The van der Waals surface area contributed by atoms with Gasteiger partial charge in [0.1, 0.15) is 12.8 Å². The number of hydrogen-bond acceptors (Lipinski definition) is 1. The van der Waals surface area contributed by atoms with Crippen LogP contribution < -0.4 is 0 Å². The normalized spacial score (nSPS) is 32.1. The molecule has 1 saturated heterocycles. The number of carbonyl (C=O) groups is 1. The molecule has 0 bridgehead atoms. The van der Waals surface area contributed by atoms with Crippen LogP contribution in [0, 0.1) is 0 Å². The maximum Gasteiger partial charge on any atom is 0.125 e. The second-order valence-corrected chi connectivity index (χ2v) is 5.83. The minimum absolute atomic E-state index is 0.492. The third-order valence-corrected chi connectivity index (χ3v) is 4.73. The molecule has 1 aromatic carbocycles. The molecule has 3 atom stereocenters. The fourth-order valence-corrected chi connectivity index (χ4v) is 3.33. The third kappa shape index (κ3) is 2.64. The summed E-state index contributed by atoms with van der Waals surface area (Å²) < 4.78 is 1.02. The van der Waals surface area contributed by atoms with Crippen LogP contribution in [0.1, 0.15) is 38.2 Å². The van der Waals surface area contributed by atoms with Gasteiger partial charge in [0.25, 0.3) is 0 Å². The van der Waals surface area contributed by atoms with Crippen molar-refractivity contribution in [2.24, 2.45) is 0 Å². The van der Waals surface area contributed by atoms with Gasteiger partial charge in [-0.05, 0) is 19.8 Å². The molecule has 0 aliphatic carbocycles. The fraction of sp³-hybridized carbons (Fsp3) is 0.562. The monoisotopic (exact) mass is 246 g/mol. The molecule has 18 heavy (non-hydrogen) atoms. The van der Waals surface area contributed by atoms with Gasteiger partial charge < -0.3 is 9.28 Å². The van der Waals surface area contributed by atoms with Crippen LogP contribution >= 0.6 is 0 Å². The third-order valence-electron chi connectivity index (χ3n) is 4.73. The summed E-state index contributed by atoms with van der Waals surface area (Å²) in [5, 5.41) is 0. The molecule has 0 amide bonds. The molecule has 0 aromatic heterocycles. The van der Waals surface area contributed by atoms with E-state index in [1.165, 1.54) is 24.8 Å². The van der Waals surface area contributed by atoms with E-state index in [0.717, 1.165) is 17.3 Å². The molecule has 98 valence electrons. The molecule has 0 spiro atoms. The Kier molecular flexibility index (Phi) is 4.18. The van der Waals surface area contributed by atoms with Gasteiger partial charge in [-0.3, -0.25) is 0 Å². The SMILES string of the molecule is CC1CCCC(CC=O)[N+]1(C)Cc1ccccc1. The zero-order valence-electron chi connectivity index (χ0n) is 11.5. The Labute approximate surface area is 110 Å². The lowest BCUT2D eigenvalue weighted by atomic mass is 9.90. The summed E-state index contributed by atoms with van der Waals surface area (Å²) in [4.78, 5) is 10.9. The molecule has 2 heteroatoms. The van der Waals surface area contributed by atoms with E-state index in [0.29, 0.717) is 18.5 Å². The molecule has 0 radical (unpaired) electrons. The van der Waals surface area contributed by atoms with Crippen LogP contribution in [0.15, 0.2) is 30.3 Å². The van der Waals surface area contributed by atoms with Crippen molar-refractivity contribution in [1.29, 1.82) is 0 Å². The van der Waals surface area contributed by atoms with Crippen molar-refractivity contribution in [1.82, 2.24) is 0 Å². The Balaban J connectivity index is 2.20. The summed E-state index contributed by atoms with van der Waals surface area (Å²) in [7, 11) is 2.32. The predicted molar refractivity (Wildman–Crippen MR) is 74.1 cm³/mol. The van der Waals surface area contributed by atoms with Crippen LogP contribution in [0.25, 0.3) is 0 Å². The van der Waals surface area contributed by atoms with E-state index in [1.807, 2.05) is 0 Å². The van der Waals surface area contributed by atoms with Gasteiger partial charge in [0, 0.05) is 12.0 Å². The second-order valence-electron chi connectivity index (χ2n) is 5.83. The Morgan fingerprint density at radius 2 is 2.00 bits per heavy atom. The van der Waals surface area contributed by atoms with Crippen molar-refractivity contribution >= 4 is 6.29 Å². The van der Waals surface area contributed by atoms with Gasteiger partial charge >= 0.3 is 0 Å². The largest absolute Gasteiger partial charge is 0.317 e. The summed E-state index contributed by atoms with van der Waals surface area (Å²) >= 11 is 0. The molecule has 1 fully saturated rings. The van der Waals surface area contributed by atoms with Gasteiger partial charge in [-0.1, -0.05) is 30.3 Å². The topological polar surface area (TPSA) is 17.1 Å². The summed E-state index contributed by atoms with van der Waals surface area (Å²) in [6.07, 6.45) is 5.53. The molecule has 1 aliphatic rings. The van der Waals surface area contributed by atoms with E-state index in [-0.39, 0.29) is 0 Å². The molecule has 0 saturated carbocycles. The Morgan fingerprint density at radius 3 is 2.67 bits per heavy atom. The number of quaternary nitrogens is 1. The highest BCUT2D eigenvalue weighted by Crippen LogP contribution is 2.33. The minimum atomic E-state index is 0.492. The summed E-state index contributed by atoms with van der Waals surface area (Å²) in [6.45, 7) is 3.38. The maximum atomic E-state index is 10.9. The number of benzene rings is 1. The van der Waals surface area contributed by atoms with E-state index in [4.69, 9.17) is 0 Å². The van der Waals surface area contributed by atoms with E-state index in [1.54, 1.807) is 0 Å². The maximum absolute atomic E-state index is 10.9. The lowest BCUT2D eigenvalue weighted by molar-refractivity contribution is -0.971. The van der Waals surface area contributed by atoms with Crippen molar-refractivity contribution < 1.29 is 9.28 Å². The van der Waals surface area contributed by atoms with Gasteiger partial charge in [0.05, 0.1) is 25.6 Å². The lowest BCUT2D eigenvalue weighted by Crippen LogP contribution is -2.59. The zero-order valence-corrected chi connectivity index (χ0v) is 11.5. The van der Waals surface area contributed by atoms with Crippen molar-refractivity contribution in [3.63, 3.8) is 0 Å². The van der Waals surface area contributed by atoms with Crippen LogP contribution in [0.4, 0.5) is 0 Å². The summed E-state index contributed by atoms with van der Waals surface area (Å²) in [5.74, 6) is 0. The van der Waals surface area contributed by atoms with Gasteiger partial charge in [0.15, 0.2) is 0 Å².